The average Bonchev–Trinajstić information content (AvgIpc) is 3.02. The van der Waals surface area contributed by atoms with Crippen LogP contribution in [0.5, 0.6) is 5.75 Å². The quantitative estimate of drug-likeness (QED) is 0.698. The van der Waals surface area contributed by atoms with Crippen molar-refractivity contribution in [3.05, 3.63) is 59.2 Å². The zero-order valence-electron chi connectivity index (χ0n) is 17.9. The molecular formula is C24H28N2O4. The molecule has 1 heterocycles. The molecule has 2 aromatic carbocycles. The Labute approximate surface area is 177 Å². The molecule has 6 nitrogen and oxygen atoms in total. The van der Waals surface area contributed by atoms with Gasteiger partial charge < -0.3 is 10.1 Å². The van der Waals surface area contributed by atoms with E-state index in [0.29, 0.717) is 17.4 Å². The number of imide groups is 1. The molecule has 1 fully saturated rings. The van der Waals surface area contributed by atoms with Gasteiger partial charge in [0.25, 0.3) is 5.91 Å². The van der Waals surface area contributed by atoms with Crippen LogP contribution in [-0.2, 0) is 20.9 Å². The highest BCUT2D eigenvalue weighted by Crippen LogP contribution is 2.25. The molecule has 3 amide bonds. The number of carbonyl (C=O) groups excluding carboxylic acids is 3. The molecule has 158 valence electrons. The Hall–Kier alpha value is -3.15. The summed E-state index contributed by atoms with van der Waals surface area (Å²) in [5, 5.41) is 2.85. The standard InChI is InChI=1S/C24H28N2O4/c1-15(2)19-8-5-16(3)21(13-19)30-17(4)24(29)25-20-9-6-18(7-10-20)14-26-22(27)11-12-23(26)28/h5-10,13,15,17H,11-12,14H2,1-4H3,(H,25,29). The minimum absolute atomic E-state index is 0.139. The highest BCUT2D eigenvalue weighted by Gasteiger charge is 2.28. The molecule has 0 aromatic heterocycles. The van der Waals surface area contributed by atoms with Gasteiger partial charge in [-0.1, -0.05) is 38.1 Å². The molecule has 2 aromatic rings. The Morgan fingerprint density at radius 2 is 1.67 bits per heavy atom. The van der Waals surface area contributed by atoms with Gasteiger partial charge in [0.15, 0.2) is 6.10 Å². The number of anilines is 1. The summed E-state index contributed by atoms with van der Waals surface area (Å²) in [6.45, 7) is 8.17. The number of ether oxygens (including phenoxy) is 1. The number of carbonyl (C=O) groups is 3. The van der Waals surface area contributed by atoms with Crippen LogP contribution in [0, 0.1) is 6.92 Å². The first-order chi connectivity index (χ1) is 14.2. The molecular weight excluding hydrogens is 380 g/mol. The summed E-state index contributed by atoms with van der Waals surface area (Å²) in [4.78, 5) is 37.3. The van der Waals surface area contributed by atoms with Crippen LogP contribution >= 0.6 is 0 Å². The van der Waals surface area contributed by atoms with Crippen molar-refractivity contribution < 1.29 is 19.1 Å². The van der Waals surface area contributed by atoms with Crippen LogP contribution < -0.4 is 10.1 Å². The van der Waals surface area contributed by atoms with Crippen LogP contribution in [0.25, 0.3) is 0 Å². The second-order valence-electron chi connectivity index (χ2n) is 8.00. The number of nitrogens with one attached hydrogen (secondary N) is 1. The molecule has 1 aliphatic rings. The summed E-state index contributed by atoms with van der Waals surface area (Å²) in [6, 6.07) is 13.2. The molecule has 30 heavy (non-hydrogen) atoms. The molecule has 1 unspecified atom stereocenters. The maximum absolute atomic E-state index is 12.6. The van der Waals surface area contributed by atoms with E-state index in [2.05, 4.69) is 25.2 Å². The van der Waals surface area contributed by atoms with Gasteiger partial charge in [-0.05, 0) is 54.7 Å². The predicted octanol–water partition coefficient (Wildman–Crippen LogP) is 4.17. The van der Waals surface area contributed by atoms with Crippen molar-refractivity contribution in [2.24, 2.45) is 0 Å². The molecule has 1 atom stereocenters. The van der Waals surface area contributed by atoms with E-state index in [-0.39, 0.29) is 37.1 Å². The van der Waals surface area contributed by atoms with Crippen LogP contribution in [0.3, 0.4) is 0 Å². The molecule has 1 N–H and O–H groups in total. The number of rotatable bonds is 7. The van der Waals surface area contributed by atoms with E-state index >= 15 is 0 Å². The lowest BCUT2D eigenvalue weighted by Crippen LogP contribution is -2.30. The van der Waals surface area contributed by atoms with Crippen LogP contribution in [-0.4, -0.2) is 28.7 Å². The molecule has 0 aliphatic carbocycles. The summed E-state index contributed by atoms with van der Waals surface area (Å²) in [5.41, 5.74) is 3.61. The van der Waals surface area contributed by atoms with E-state index in [0.717, 1.165) is 16.7 Å². The van der Waals surface area contributed by atoms with Crippen molar-refractivity contribution in [1.82, 2.24) is 4.90 Å². The van der Waals surface area contributed by atoms with E-state index in [1.807, 2.05) is 19.1 Å². The number of hydrogen-bond acceptors (Lipinski definition) is 4. The van der Waals surface area contributed by atoms with Crippen molar-refractivity contribution in [1.29, 1.82) is 0 Å². The Balaban J connectivity index is 1.59. The number of likely N-dealkylation sites (tertiary alicyclic amines) is 1. The van der Waals surface area contributed by atoms with E-state index in [1.54, 1.807) is 31.2 Å². The number of benzene rings is 2. The van der Waals surface area contributed by atoms with Gasteiger partial charge in [-0.15, -0.1) is 0 Å². The zero-order valence-corrected chi connectivity index (χ0v) is 17.9. The lowest BCUT2D eigenvalue weighted by atomic mass is 10.0. The van der Waals surface area contributed by atoms with Gasteiger partial charge in [0, 0.05) is 18.5 Å². The van der Waals surface area contributed by atoms with Gasteiger partial charge in [-0.25, -0.2) is 0 Å². The number of hydrogen-bond donors (Lipinski definition) is 1. The van der Waals surface area contributed by atoms with Crippen molar-refractivity contribution in [2.75, 3.05) is 5.32 Å². The topological polar surface area (TPSA) is 75.7 Å². The zero-order chi connectivity index (χ0) is 21.8. The van der Waals surface area contributed by atoms with Crippen LogP contribution in [0.2, 0.25) is 0 Å². The molecule has 3 rings (SSSR count). The van der Waals surface area contributed by atoms with Gasteiger partial charge in [-0.3, -0.25) is 19.3 Å². The Kier molecular flexibility index (Phi) is 6.55. The van der Waals surface area contributed by atoms with E-state index in [1.165, 1.54) is 4.90 Å². The summed E-state index contributed by atoms with van der Waals surface area (Å²) in [5.74, 6) is 0.559. The molecule has 0 spiro atoms. The highest BCUT2D eigenvalue weighted by atomic mass is 16.5. The largest absolute Gasteiger partial charge is 0.481 e. The Morgan fingerprint density at radius 1 is 1.03 bits per heavy atom. The lowest BCUT2D eigenvalue weighted by molar-refractivity contribution is -0.139. The van der Waals surface area contributed by atoms with Crippen molar-refractivity contribution in [2.45, 2.75) is 59.1 Å². The maximum atomic E-state index is 12.6. The fourth-order valence-electron chi connectivity index (χ4n) is 3.27. The first-order valence-electron chi connectivity index (χ1n) is 10.2. The molecule has 0 bridgehead atoms. The fourth-order valence-corrected chi connectivity index (χ4v) is 3.27. The van der Waals surface area contributed by atoms with Crippen molar-refractivity contribution in [3.8, 4) is 5.75 Å². The first kappa shape index (κ1) is 21.6. The Morgan fingerprint density at radius 3 is 2.27 bits per heavy atom. The Bertz CT molecular complexity index is 934. The summed E-state index contributed by atoms with van der Waals surface area (Å²) >= 11 is 0. The first-order valence-corrected chi connectivity index (χ1v) is 10.2. The van der Waals surface area contributed by atoms with E-state index < -0.39 is 6.10 Å². The van der Waals surface area contributed by atoms with Gasteiger partial charge in [0.2, 0.25) is 11.8 Å². The summed E-state index contributed by atoms with van der Waals surface area (Å²) in [7, 11) is 0. The van der Waals surface area contributed by atoms with Crippen LogP contribution in [0.4, 0.5) is 5.69 Å². The van der Waals surface area contributed by atoms with Crippen LogP contribution in [0.15, 0.2) is 42.5 Å². The molecule has 0 radical (unpaired) electrons. The maximum Gasteiger partial charge on any atom is 0.265 e. The minimum atomic E-state index is -0.661. The third-order valence-corrected chi connectivity index (χ3v) is 5.27. The third-order valence-electron chi connectivity index (χ3n) is 5.27. The average molecular weight is 408 g/mol. The van der Waals surface area contributed by atoms with Crippen LogP contribution in [0.1, 0.15) is 56.2 Å². The molecule has 6 heteroatoms. The second-order valence-corrected chi connectivity index (χ2v) is 8.00. The van der Waals surface area contributed by atoms with Crippen molar-refractivity contribution in [3.63, 3.8) is 0 Å². The SMILES string of the molecule is Cc1ccc(C(C)C)cc1OC(C)C(=O)Nc1ccc(CN2C(=O)CCC2=O)cc1. The van der Waals surface area contributed by atoms with Gasteiger partial charge >= 0.3 is 0 Å². The minimum Gasteiger partial charge on any atom is -0.481 e. The lowest BCUT2D eigenvalue weighted by Gasteiger charge is -2.18. The normalized spacial score (nSPS) is 14.9. The molecule has 1 aliphatic heterocycles. The van der Waals surface area contributed by atoms with Gasteiger partial charge in [-0.2, -0.15) is 0 Å². The predicted molar refractivity (Wildman–Crippen MR) is 115 cm³/mol. The van der Waals surface area contributed by atoms with Crippen molar-refractivity contribution >= 4 is 23.4 Å². The highest BCUT2D eigenvalue weighted by molar-refractivity contribution is 6.01. The third kappa shape index (κ3) is 5.06. The number of aryl methyl sites for hydroxylation is 1. The smallest absolute Gasteiger partial charge is 0.265 e. The van der Waals surface area contributed by atoms with E-state index in [9.17, 15) is 14.4 Å². The van der Waals surface area contributed by atoms with Gasteiger partial charge in [0.1, 0.15) is 5.75 Å². The molecule has 1 saturated heterocycles. The van der Waals surface area contributed by atoms with E-state index in [4.69, 9.17) is 4.74 Å². The molecule has 0 saturated carbocycles. The van der Waals surface area contributed by atoms with Gasteiger partial charge in [0.05, 0.1) is 6.54 Å². The number of nitrogens with zero attached hydrogens (tertiary/aromatic N) is 1. The summed E-state index contributed by atoms with van der Waals surface area (Å²) in [6.07, 6.45) is -0.0971. The monoisotopic (exact) mass is 408 g/mol. The second kappa shape index (κ2) is 9.11. The summed E-state index contributed by atoms with van der Waals surface area (Å²) < 4.78 is 5.91. The number of amides is 3. The fraction of sp³-hybridized carbons (Fsp3) is 0.375.